The van der Waals surface area contributed by atoms with Crippen LogP contribution >= 0.6 is 22.6 Å². The molecule has 1 heterocycles. The summed E-state index contributed by atoms with van der Waals surface area (Å²) in [7, 11) is 0. The molecule has 0 unspecified atom stereocenters. The SMILES string of the molecule is CCCCc1nc(CCC)c(I)c(NCC)n1. The number of hydrogen-bond acceptors (Lipinski definition) is 3. The predicted octanol–water partition coefficient (Wildman–Crippen LogP) is 3.81. The van der Waals surface area contributed by atoms with E-state index in [2.05, 4.69) is 58.6 Å². The molecule has 0 aliphatic rings. The Morgan fingerprint density at radius 1 is 1.06 bits per heavy atom. The van der Waals surface area contributed by atoms with Crippen LogP contribution in [0.5, 0.6) is 0 Å². The molecule has 0 saturated carbocycles. The van der Waals surface area contributed by atoms with Gasteiger partial charge in [-0.3, -0.25) is 0 Å². The van der Waals surface area contributed by atoms with Crippen molar-refractivity contribution >= 4 is 28.4 Å². The van der Waals surface area contributed by atoms with Crippen molar-refractivity contribution < 1.29 is 0 Å². The van der Waals surface area contributed by atoms with Gasteiger partial charge in [0.25, 0.3) is 0 Å². The van der Waals surface area contributed by atoms with Crippen LogP contribution in [0.1, 0.15) is 51.6 Å². The third kappa shape index (κ3) is 4.41. The van der Waals surface area contributed by atoms with Crippen LogP contribution in [0.4, 0.5) is 5.82 Å². The van der Waals surface area contributed by atoms with Gasteiger partial charge in [-0.1, -0.05) is 26.7 Å². The Morgan fingerprint density at radius 3 is 2.41 bits per heavy atom. The molecule has 0 aromatic carbocycles. The minimum Gasteiger partial charge on any atom is -0.369 e. The van der Waals surface area contributed by atoms with Gasteiger partial charge in [-0.15, -0.1) is 0 Å². The summed E-state index contributed by atoms with van der Waals surface area (Å²) in [6.45, 7) is 7.40. The quantitative estimate of drug-likeness (QED) is 0.763. The summed E-state index contributed by atoms with van der Waals surface area (Å²) in [6.07, 6.45) is 5.51. The molecule has 1 aromatic heterocycles. The van der Waals surface area contributed by atoms with Crippen molar-refractivity contribution in [3.63, 3.8) is 0 Å². The second-order valence-corrected chi connectivity index (χ2v) is 5.21. The second kappa shape index (κ2) is 7.84. The van der Waals surface area contributed by atoms with Crippen LogP contribution in [0.15, 0.2) is 0 Å². The summed E-state index contributed by atoms with van der Waals surface area (Å²) in [5, 5.41) is 3.33. The van der Waals surface area contributed by atoms with Crippen LogP contribution in [0.25, 0.3) is 0 Å². The summed E-state index contributed by atoms with van der Waals surface area (Å²) in [5.74, 6) is 2.00. The summed E-state index contributed by atoms with van der Waals surface area (Å²) in [5.41, 5.74) is 1.20. The van der Waals surface area contributed by atoms with E-state index >= 15 is 0 Å². The van der Waals surface area contributed by atoms with E-state index in [1.165, 1.54) is 15.7 Å². The van der Waals surface area contributed by atoms with E-state index in [-0.39, 0.29) is 0 Å². The average Bonchev–Trinajstić information content (AvgIpc) is 2.32. The molecule has 4 heteroatoms. The summed E-state index contributed by atoms with van der Waals surface area (Å²) in [6, 6.07) is 0. The number of nitrogens with one attached hydrogen (secondary N) is 1. The van der Waals surface area contributed by atoms with Gasteiger partial charge in [0.1, 0.15) is 11.6 Å². The molecule has 17 heavy (non-hydrogen) atoms. The van der Waals surface area contributed by atoms with Gasteiger partial charge in [0, 0.05) is 13.0 Å². The molecular weight excluding hydrogens is 325 g/mol. The van der Waals surface area contributed by atoms with E-state index in [0.717, 1.165) is 43.9 Å². The van der Waals surface area contributed by atoms with Crippen molar-refractivity contribution in [2.24, 2.45) is 0 Å². The minimum atomic E-state index is 0.909. The molecule has 1 N–H and O–H groups in total. The van der Waals surface area contributed by atoms with Crippen LogP contribution in [0.2, 0.25) is 0 Å². The van der Waals surface area contributed by atoms with E-state index in [1.807, 2.05) is 0 Å². The normalized spacial score (nSPS) is 10.6. The highest BCUT2D eigenvalue weighted by Crippen LogP contribution is 2.21. The highest BCUT2D eigenvalue weighted by molar-refractivity contribution is 14.1. The Bertz CT molecular complexity index is 326. The lowest BCUT2D eigenvalue weighted by Crippen LogP contribution is -2.09. The molecule has 0 saturated heterocycles. The summed E-state index contributed by atoms with van der Waals surface area (Å²) in [4.78, 5) is 9.30. The Balaban J connectivity index is 2.98. The molecule has 0 fully saturated rings. The first kappa shape index (κ1) is 14.7. The maximum Gasteiger partial charge on any atom is 0.143 e. The van der Waals surface area contributed by atoms with Crippen molar-refractivity contribution in [2.45, 2.75) is 52.9 Å². The van der Waals surface area contributed by atoms with Gasteiger partial charge >= 0.3 is 0 Å². The average molecular weight is 347 g/mol. The van der Waals surface area contributed by atoms with Crippen LogP contribution in [-0.2, 0) is 12.8 Å². The first-order valence-corrected chi connectivity index (χ1v) is 7.59. The smallest absolute Gasteiger partial charge is 0.143 e. The van der Waals surface area contributed by atoms with Gasteiger partial charge in [0.15, 0.2) is 0 Å². The van der Waals surface area contributed by atoms with Crippen LogP contribution in [-0.4, -0.2) is 16.5 Å². The number of hydrogen-bond donors (Lipinski definition) is 1. The minimum absolute atomic E-state index is 0.909. The molecule has 0 aliphatic carbocycles. The van der Waals surface area contributed by atoms with E-state index in [9.17, 15) is 0 Å². The lowest BCUT2D eigenvalue weighted by Gasteiger charge is -2.11. The molecular formula is C13H22IN3. The fraction of sp³-hybridized carbons (Fsp3) is 0.692. The number of rotatable bonds is 7. The zero-order valence-electron chi connectivity index (χ0n) is 11.0. The highest BCUT2D eigenvalue weighted by Gasteiger charge is 2.10. The van der Waals surface area contributed by atoms with Gasteiger partial charge in [0.05, 0.1) is 9.26 Å². The van der Waals surface area contributed by atoms with E-state index in [1.54, 1.807) is 0 Å². The topological polar surface area (TPSA) is 37.8 Å². The molecule has 96 valence electrons. The molecule has 1 rings (SSSR count). The van der Waals surface area contributed by atoms with Crippen LogP contribution < -0.4 is 5.32 Å². The van der Waals surface area contributed by atoms with Gasteiger partial charge in [-0.05, 0) is 42.4 Å². The van der Waals surface area contributed by atoms with Gasteiger partial charge in [0.2, 0.25) is 0 Å². The lowest BCUT2D eigenvalue weighted by molar-refractivity contribution is 0.736. The number of unbranched alkanes of at least 4 members (excludes halogenated alkanes) is 1. The van der Waals surface area contributed by atoms with Crippen molar-refractivity contribution in [3.8, 4) is 0 Å². The zero-order chi connectivity index (χ0) is 12.7. The van der Waals surface area contributed by atoms with E-state index < -0.39 is 0 Å². The molecule has 0 amide bonds. The number of aromatic nitrogens is 2. The Labute approximate surface area is 118 Å². The van der Waals surface area contributed by atoms with Crippen molar-refractivity contribution in [1.82, 2.24) is 9.97 Å². The second-order valence-electron chi connectivity index (χ2n) is 4.13. The third-order valence-electron chi connectivity index (χ3n) is 2.55. The highest BCUT2D eigenvalue weighted by atomic mass is 127. The van der Waals surface area contributed by atoms with E-state index in [0.29, 0.717) is 0 Å². The van der Waals surface area contributed by atoms with Crippen molar-refractivity contribution in [3.05, 3.63) is 15.1 Å². The molecule has 0 bridgehead atoms. The van der Waals surface area contributed by atoms with Gasteiger partial charge in [-0.25, -0.2) is 9.97 Å². The zero-order valence-corrected chi connectivity index (χ0v) is 13.2. The van der Waals surface area contributed by atoms with Gasteiger partial charge < -0.3 is 5.32 Å². The lowest BCUT2D eigenvalue weighted by atomic mass is 10.2. The Hall–Kier alpha value is -0.390. The van der Waals surface area contributed by atoms with Crippen molar-refractivity contribution in [1.29, 1.82) is 0 Å². The largest absolute Gasteiger partial charge is 0.369 e. The molecule has 3 nitrogen and oxygen atoms in total. The third-order valence-corrected chi connectivity index (χ3v) is 3.68. The number of nitrogens with zero attached hydrogens (tertiary/aromatic N) is 2. The molecule has 0 aliphatic heterocycles. The molecule has 0 spiro atoms. The van der Waals surface area contributed by atoms with Crippen molar-refractivity contribution in [2.75, 3.05) is 11.9 Å². The summed E-state index contributed by atoms with van der Waals surface area (Å²) >= 11 is 2.35. The fourth-order valence-electron chi connectivity index (χ4n) is 1.68. The molecule has 1 aromatic rings. The number of aryl methyl sites for hydroxylation is 2. The standard InChI is InChI=1S/C13H22IN3/c1-4-7-9-11-16-10(8-5-2)12(14)13(17-11)15-6-3/h4-9H2,1-3H3,(H,15,16,17). The van der Waals surface area contributed by atoms with Crippen LogP contribution in [0.3, 0.4) is 0 Å². The fourth-order valence-corrected chi connectivity index (χ4v) is 2.38. The first-order chi connectivity index (χ1) is 8.22. The Kier molecular flexibility index (Phi) is 6.77. The summed E-state index contributed by atoms with van der Waals surface area (Å²) < 4.78 is 1.19. The maximum absolute atomic E-state index is 4.68. The van der Waals surface area contributed by atoms with Gasteiger partial charge in [-0.2, -0.15) is 0 Å². The number of halogens is 1. The molecule has 0 atom stereocenters. The first-order valence-electron chi connectivity index (χ1n) is 6.52. The predicted molar refractivity (Wildman–Crippen MR) is 81.5 cm³/mol. The van der Waals surface area contributed by atoms with E-state index in [4.69, 9.17) is 0 Å². The Morgan fingerprint density at radius 2 is 1.82 bits per heavy atom. The van der Waals surface area contributed by atoms with Crippen LogP contribution in [0, 0.1) is 3.57 Å². The maximum atomic E-state index is 4.68. The monoisotopic (exact) mass is 347 g/mol. The molecule has 0 radical (unpaired) electrons. The number of anilines is 1.